The number of benzene rings is 1. The van der Waals surface area contributed by atoms with Gasteiger partial charge >= 0.3 is 0 Å². The normalized spacial score (nSPS) is 10.3. The lowest BCUT2D eigenvalue weighted by Crippen LogP contribution is -2.22. The molecule has 1 aromatic rings. The van der Waals surface area contributed by atoms with Crippen molar-refractivity contribution in [1.29, 1.82) is 0 Å². The van der Waals surface area contributed by atoms with Gasteiger partial charge in [0.15, 0.2) is 0 Å². The van der Waals surface area contributed by atoms with Gasteiger partial charge in [-0.2, -0.15) is 0 Å². The number of hydrogen-bond acceptors (Lipinski definition) is 2. The second kappa shape index (κ2) is 8.70. The Bertz CT molecular complexity index is 363. The molecular formula is C15H23NO2. The average molecular weight is 249 g/mol. The summed E-state index contributed by atoms with van der Waals surface area (Å²) in [6, 6.07) is 8.29. The van der Waals surface area contributed by atoms with Crippen molar-refractivity contribution in [3.63, 3.8) is 0 Å². The first kappa shape index (κ1) is 14.7. The van der Waals surface area contributed by atoms with E-state index in [1.54, 1.807) is 0 Å². The van der Waals surface area contributed by atoms with E-state index in [9.17, 15) is 4.79 Å². The molecule has 0 aliphatic rings. The van der Waals surface area contributed by atoms with Crippen LogP contribution in [0.3, 0.4) is 0 Å². The van der Waals surface area contributed by atoms with Gasteiger partial charge in [0.1, 0.15) is 0 Å². The van der Waals surface area contributed by atoms with Crippen molar-refractivity contribution in [2.45, 2.75) is 45.6 Å². The molecule has 3 nitrogen and oxygen atoms in total. The van der Waals surface area contributed by atoms with Crippen molar-refractivity contribution in [3.8, 4) is 0 Å². The van der Waals surface area contributed by atoms with Crippen LogP contribution < -0.4 is 5.32 Å². The first-order chi connectivity index (χ1) is 8.76. The standard InChI is InChI=1S/C15H23NO2/c1-2-13-7-6-8-14(11-13)12-16-15(18)9-4-3-5-10-17/h6-8,11,17H,2-5,9-10,12H2,1H3,(H,16,18). The van der Waals surface area contributed by atoms with Crippen LogP contribution in [0, 0.1) is 0 Å². The molecule has 1 aromatic carbocycles. The highest BCUT2D eigenvalue weighted by Gasteiger charge is 2.01. The minimum atomic E-state index is 0.0924. The van der Waals surface area contributed by atoms with Gasteiger partial charge in [-0.05, 0) is 30.4 Å². The zero-order chi connectivity index (χ0) is 13.2. The lowest BCUT2D eigenvalue weighted by molar-refractivity contribution is -0.121. The fourth-order valence-corrected chi connectivity index (χ4v) is 1.82. The molecule has 0 heterocycles. The summed E-state index contributed by atoms with van der Waals surface area (Å²) in [5.74, 6) is 0.0924. The highest BCUT2D eigenvalue weighted by atomic mass is 16.2. The zero-order valence-electron chi connectivity index (χ0n) is 11.1. The molecule has 0 aliphatic carbocycles. The predicted octanol–water partition coefficient (Wildman–Crippen LogP) is 2.42. The van der Waals surface area contributed by atoms with Crippen LogP contribution in [0.2, 0.25) is 0 Å². The first-order valence-corrected chi connectivity index (χ1v) is 6.71. The maximum Gasteiger partial charge on any atom is 0.220 e. The Morgan fingerprint density at radius 3 is 2.72 bits per heavy atom. The summed E-state index contributed by atoms with van der Waals surface area (Å²) in [5, 5.41) is 11.6. The summed E-state index contributed by atoms with van der Waals surface area (Å²) in [5.41, 5.74) is 2.45. The summed E-state index contributed by atoms with van der Waals surface area (Å²) in [6.07, 6.45) is 4.11. The third-order valence-electron chi connectivity index (χ3n) is 2.95. The Hall–Kier alpha value is -1.35. The Labute approximate surface area is 109 Å². The summed E-state index contributed by atoms with van der Waals surface area (Å²) < 4.78 is 0. The van der Waals surface area contributed by atoms with Gasteiger partial charge in [-0.25, -0.2) is 0 Å². The topological polar surface area (TPSA) is 49.3 Å². The number of aliphatic hydroxyl groups excluding tert-OH is 1. The number of aliphatic hydroxyl groups is 1. The van der Waals surface area contributed by atoms with Gasteiger partial charge in [-0.1, -0.05) is 37.6 Å². The van der Waals surface area contributed by atoms with E-state index in [-0.39, 0.29) is 12.5 Å². The van der Waals surface area contributed by atoms with Crippen LogP contribution in [0.25, 0.3) is 0 Å². The average Bonchev–Trinajstić information content (AvgIpc) is 2.41. The van der Waals surface area contributed by atoms with Gasteiger partial charge < -0.3 is 10.4 Å². The highest BCUT2D eigenvalue weighted by Crippen LogP contribution is 2.06. The monoisotopic (exact) mass is 249 g/mol. The van der Waals surface area contributed by atoms with Crippen LogP contribution in [0.1, 0.15) is 43.7 Å². The van der Waals surface area contributed by atoms with E-state index in [2.05, 4.69) is 24.4 Å². The first-order valence-electron chi connectivity index (χ1n) is 6.71. The van der Waals surface area contributed by atoms with Crippen molar-refractivity contribution >= 4 is 5.91 Å². The molecule has 0 bridgehead atoms. The van der Waals surface area contributed by atoms with Crippen LogP contribution in [0.5, 0.6) is 0 Å². The fraction of sp³-hybridized carbons (Fsp3) is 0.533. The zero-order valence-corrected chi connectivity index (χ0v) is 11.1. The second-order valence-electron chi connectivity index (χ2n) is 4.48. The molecule has 1 rings (SSSR count). The predicted molar refractivity (Wildman–Crippen MR) is 73.2 cm³/mol. The maximum atomic E-state index is 11.6. The van der Waals surface area contributed by atoms with Crippen molar-refractivity contribution in [2.75, 3.05) is 6.61 Å². The van der Waals surface area contributed by atoms with E-state index in [0.29, 0.717) is 13.0 Å². The van der Waals surface area contributed by atoms with E-state index in [1.807, 2.05) is 12.1 Å². The van der Waals surface area contributed by atoms with Crippen molar-refractivity contribution in [1.82, 2.24) is 5.32 Å². The lowest BCUT2D eigenvalue weighted by Gasteiger charge is -2.06. The Kier molecular flexibility index (Phi) is 7.11. The number of aryl methyl sites for hydroxylation is 1. The van der Waals surface area contributed by atoms with Gasteiger partial charge in [-0.3, -0.25) is 4.79 Å². The maximum absolute atomic E-state index is 11.6. The third-order valence-corrected chi connectivity index (χ3v) is 2.95. The molecule has 0 spiro atoms. The van der Waals surface area contributed by atoms with E-state index in [0.717, 1.165) is 31.2 Å². The fourth-order valence-electron chi connectivity index (χ4n) is 1.82. The van der Waals surface area contributed by atoms with Crippen LogP contribution in [-0.4, -0.2) is 17.6 Å². The quantitative estimate of drug-likeness (QED) is 0.695. The molecule has 3 heteroatoms. The number of carbonyl (C=O) groups excluding carboxylic acids is 1. The van der Waals surface area contributed by atoms with Gasteiger partial charge in [0.25, 0.3) is 0 Å². The second-order valence-corrected chi connectivity index (χ2v) is 4.48. The number of carbonyl (C=O) groups is 1. The van der Waals surface area contributed by atoms with Crippen LogP contribution in [0.4, 0.5) is 0 Å². The minimum absolute atomic E-state index is 0.0924. The molecule has 18 heavy (non-hydrogen) atoms. The molecule has 0 radical (unpaired) electrons. The summed E-state index contributed by atoms with van der Waals surface area (Å²) in [4.78, 5) is 11.6. The summed E-state index contributed by atoms with van der Waals surface area (Å²) >= 11 is 0. The lowest BCUT2D eigenvalue weighted by atomic mass is 10.1. The van der Waals surface area contributed by atoms with E-state index in [1.165, 1.54) is 5.56 Å². The Morgan fingerprint density at radius 2 is 2.00 bits per heavy atom. The highest BCUT2D eigenvalue weighted by molar-refractivity contribution is 5.75. The molecule has 0 saturated heterocycles. The number of hydrogen-bond donors (Lipinski definition) is 2. The van der Waals surface area contributed by atoms with E-state index >= 15 is 0 Å². The Morgan fingerprint density at radius 1 is 1.22 bits per heavy atom. The number of unbranched alkanes of at least 4 members (excludes halogenated alkanes) is 2. The molecule has 0 aromatic heterocycles. The molecule has 1 amide bonds. The molecular weight excluding hydrogens is 226 g/mol. The molecule has 0 unspecified atom stereocenters. The summed E-state index contributed by atoms with van der Waals surface area (Å²) in [6.45, 7) is 2.94. The largest absolute Gasteiger partial charge is 0.396 e. The van der Waals surface area contributed by atoms with Gasteiger partial charge in [0, 0.05) is 19.6 Å². The summed E-state index contributed by atoms with van der Waals surface area (Å²) in [7, 11) is 0. The van der Waals surface area contributed by atoms with Crippen molar-refractivity contribution < 1.29 is 9.90 Å². The number of rotatable bonds is 8. The van der Waals surface area contributed by atoms with Gasteiger partial charge in [0.05, 0.1) is 0 Å². The molecule has 2 N–H and O–H groups in total. The molecule has 0 atom stereocenters. The van der Waals surface area contributed by atoms with Crippen molar-refractivity contribution in [2.24, 2.45) is 0 Å². The van der Waals surface area contributed by atoms with Crippen LogP contribution in [-0.2, 0) is 17.8 Å². The van der Waals surface area contributed by atoms with Crippen LogP contribution >= 0.6 is 0 Å². The molecule has 0 saturated carbocycles. The van der Waals surface area contributed by atoms with Gasteiger partial charge in [-0.15, -0.1) is 0 Å². The smallest absolute Gasteiger partial charge is 0.220 e. The minimum Gasteiger partial charge on any atom is -0.396 e. The number of amides is 1. The SMILES string of the molecule is CCc1cccc(CNC(=O)CCCCCO)c1. The van der Waals surface area contributed by atoms with E-state index in [4.69, 9.17) is 5.11 Å². The van der Waals surface area contributed by atoms with Crippen molar-refractivity contribution in [3.05, 3.63) is 35.4 Å². The number of nitrogens with one attached hydrogen (secondary N) is 1. The molecule has 100 valence electrons. The van der Waals surface area contributed by atoms with E-state index < -0.39 is 0 Å². The molecule has 0 fully saturated rings. The Balaban J connectivity index is 2.24. The van der Waals surface area contributed by atoms with Gasteiger partial charge in [0.2, 0.25) is 5.91 Å². The molecule has 0 aliphatic heterocycles. The van der Waals surface area contributed by atoms with Crippen LogP contribution in [0.15, 0.2) is 24.3 Å². The third kappa shape index (κ3) is 5.82.